The number of ether oxygens (including phenoxy) is 2. The largest absolute Gasteiger partial charge is 0.454 e. The Labute approximate surface area is 138 Å². The molecule has 2 heterocycles. The number of anilines is 1. The molecule has 1 aliphatic heterocycles. The molecule has 3 aromatic rings. The predicted octanol–water partition coefficient (Wildman–Crippen LogP) is 2.86. The number of nitrogen functional groups attached to an aromatic ring is 1. The van der Waals surface area contributed by atoms with Crippen molar-refractivity contribution in [1.82, 2.24) is 9.78 Å². The van der Waals surface area contributed by atoms with E-state index in [4.69, 9.17) is 15.2 Å². The molecular weight excluding hydrogens is 306 g/mol. The molecule has 0 fully saturated rings. The highest BCUT2D eigenvalue weighted by atomic mass is 16.7. The molecule has 120 valence electrons. The second kappa shape index (κ2) is 5.42. The first-order chi connectivity index (χ1) is 11.6. The number of aryl methyl sites for hydroxylation is 1. The van der Waals surface area contributed by atoms with E-state index in [0.29, 0.717) is 28.6 Å². The molecule has 2 aromatic carbocycles. The molecule has 1 aromatic heterocycles. The highest BCUT2D eigenvalue weighted by molar-refractivity contribution is 5.98. The standard InChI is InChI=1S/C18H15N3O3/c1-11-2-4-12(5-3-11)14-9-17(19)20-21(14)18(22)13-6-7-15-16(8-13)24-10-23-15/h2-9H,10H2,1H3,(H2,19,20). The minimum atomic E-state index is -0.277. The SMILES string of the molecule is Cc1ccc(-c2cc(N)nn2C(=O)c2ccc3c(c2)OCO3)cc1. The maximum absolute atomic E-state index is 12.9. The molecule has 0 atom stereocenters. The van der Waals surface area contributed by atoms with Crippen LogP contribution in [-0.2, 0) is 0 Å². The van der Waals surface area contributed by atoms with Gasteiger partial charge in [-0.25, -0.2) is 0 Å². The average Bonchev–Trinajstić information content (AvgIpc) is 3.20. The molecule has 6 nitrogen and oxygen atoms in total. The lowest BCUT2D eigenvalue weighted by atomic mass is 10.1. The van der Waals surface area contributed by atoms with Crippen LogP contribution >= 0.6 is 0 Å². The third-order valence-electron chi connectivity index (χ3n) is 3.89. The Morgan fingerprint density at radius 1 is 1.08 bits per heavy atom. The van der Waals surface area contributed by atoms with Gasteiger partial charge >= 0.3 is 0 Å². The van der Waals surface area contributed by atoms with Gasteiger partial charge < -0.3 is 15.2 Å². The molecule has 0 radical (unpaired) electrons. The van der Waals surface area contributed by atoms with Crippen molar-refractivity contribution >= 4 is 11.7 Å². The molecule has 2 N–H and O–H groups in total. The van der Waals surface area contributed by atoms with E-state index in [1.54, 1.807) is 24.3 Å². The summed E-state index contributed by atoms with van der Waals surface area (Å²) in [5, 5.41) is 4.15. The summed E-state index contributed by atoms with van der Waals surface area (Å²) in [7, 11) is 0. The van der Waals surface area contributed by atoms with Gasteiger partial charge in [0.2, 0.25) is 6.79 Å². The Balaban J connectivity index is 1.76. The second-order valence-electron chi connectivity index (χ2n) is 5.61. The number of rotatable bonds is 2. The molecule has 0 amide bonds. The fourth-order valence-corrected chi connectivity index (χ4v) is 2.64. The number of fused-ring (bicyclic) bond motifs is 1. The van der Waals surface area contributed by atoms with Gasteiger partial charge in [-0.1, -0.05) is 29.8 Å². The van der Waals surface area contributed by atoms with Crippen molar-refractivity contribution in [2.45, 2.75) is 6.92 Å². The number of nitrogens with zero attached hydrogens (tertiary/aromatic N) is 2. The molecule has 0 unspecified atom stereocenters. The lowest BCUT2D eigenvalue weighted by molar-refractivity contribution is 0.0947. The zero-order chi connectivity index (χ0) is 16.7. The van der Waals surface area contributed by atoms with E-state index in [9.17, 15) is 4.79 Å². The zero-order valence-electron chi connectivity index (χ0n) is 13.0. The predicted molar refractivity (Wildman–Crippen MR) is 89.1 cm³/mol. The van der Waals surface area contributed by atoms with Crippen molar-refractivity contribution in [3.8, 4) is 22.8 Å². The van der Waals surface area contributed by atoms with Gasteiger partial charge in [-0.15, -0.1) is 5.10 Å². The van der Waals surface area contributed by atoms with Crippen LogP contribution in [0.5, 0.6) is 11.5 Å². The van der Waals surface area contributed by atoms with Crippen LogP contribution in [0.2, 0.25) is 0 Å². The molecular formula is C18H15N3O3. The summed E-state index contributed by atoms with van der Waals surface area (Å²) < 4.78 is 11.9. The Morgan fingerprint density at radius 2 is 1.83 bits per heavy atom. The average molecular weight is 321 g/mol. The summed E-state index contributed by atoms with van der Waals surface area (Å²) in [4.78, 5) is 12.9. The monoisotopic (exact) mass is 321 g/mol. The van der Waals surface area contributed by atoms with Crippen molar-refractivity contribution in [1.29, 1.82) is 0 Å². The van der Waals surface area contributed by atoms with Crippen molar-refractivity contribution in [2.75, 3.05) is 12.5 Å². The Hall–Kier alpha value is -3.28. The number of carbonyl (C=O) groups excluding carboxylic acids is 1. The third kappa shape index (κ3) is 2.38. The van der Waals surface area contributed by atoms with Crippen LogP contribution in [-0.4, -0.2) is 22.5 Å². The maximum Gasteiger partial charge on any atom is 0.278 e. The van der Waals surface area contributed by atoms with Gasteiger partial charge in [0.25, 0.3) is 5.91 Å². The fourth-order valence-electron chi connectivity index (χ4n) is 2.64. The minimum absolute atomic E-state index is 0.163. The van der Waals surface area contributed by atoms with E-state index in [1.807, 2.05) is 31.2 Å². The van der Waals surface area contributed by atoms with Crippen LogP contribution in [0.25, 0.3) is 11.3 Å². The molecule has 0 saturated carbocycles. The second-order valence-corrected chi connectivity index (χ2v) is 5.61. The Bertz CT molecular complexity index is 929. The summed E-state index contributed by atoms with van der Waals surface area (Å²) in [6.45, 7) is 2.17. The van der Waals surface area contributed by atoms with Crippen molar-refractivity contribution < 1.29 is 14.3 Å². The van der Waals surface area contributed by atoms with E-state index < -0.39 is 0 Å². The number of aromatic nitrogens is 2. The van der Waals surface area contributed by atoms with Crippen LogP contribution in [0.4, 0.5) is 5.82 Å². The van der Waals surface area contributed by atoms with Gasteiger partial charge in [0.1, 0.15) is 5.82 Å². The van der Waals surface area contributed by atoms with Gasteiger partial charge in [0.05, 0.1) is 5.69 Å². The first kappa shape index (κ1) is 14.3. The number of carbonyl (C=O) groups is 1. The number of nitrogens with two attached hydrogens (primary N) is 1. The van der Waals surface area contributed by atoms with Gasteiger partial charge in [-0.2, -0.15) is 4.68 Å². The van der Waals surface area contributed by atoms with Crippen LogP contribution in [0, 0.1) is 6.92 Å². The van der Waals surface area contributed by atoms with E-state index in [-0.39, 0.29) is 12.7 Å². The lowest BCUT2D eigenvalue weighted by Gasteiger charge is -2.07. The zero-order valence-corrected chi connectivity index (χ0v) is 13.0. The lowest BCUT2D eigenvalue weighted by Crippen LogP contribution is -2.15. The molecule has 0 saturated heterocycles. The van der Waals surface area contributed by atoms with Gasteiger partial charge in [-0.3, -0.25) is 4.79 Å². The van der Waals surface area contributed by atoms with Crippen LogP contribution in [0.15, 0.2) is 48.5 Å². The number of hydrogen-bond donors (Lipinski definition) is 1. The maximum atomic E-state index is 12.9. The molecule has 4 rings (SSSR count). The van der Waals surface area contributed by atoms with E-state index in [1.165, 1.54) is 4.68 Å². The number of hydrogen-bond acceptors (Lipinski definition) is 5. The smallest absolute Gasteiger partial charge is 0.278 e. The minimum Gasteiger partial charge on any atom is -0.454 e. The quantitative estimate of drug-likeness (QED) is 0.785. The van der Waals surface area contributed by atoms with Crippen LogP contribution < -0.4 is 15.2 Å². The van der Waals surface area contributed by atoms with E-state index in [0.717, 1.165) is 11.1 Å². The number of benzene rings is 2. The summed E-state index contributed by atoms with van der Waals surface area (Å²) in [6.07, 6.45) is 0. The molecule has 0 spiro atoms. The van der Waals surface area contributed by atoms with Crippen molar-refractivity contribution in [3.63, 3.8) is 0 Å². The van der Waals surface area contributed by atoms with Crippen molar-refractivity contribution in [3.05, 3.63) is 59.7 Å². The third-order valence-corrected chi connectivity index (χ3v) is 3.89. The van der Waals surface area contributed by atoms with Gasteiger partial charge in [0, 0.05) is 17.2 Å². The molecule has 1 aliphatic rings. The van der Waals surface area contributed by atoms with Gasteiger partial charge in [-0.05, 0) is 25.1 Å². The summed E-state index contributed by atoms with van der Waals surface area (Å²) in [5.41, 5.74) is 8.94. The van der Waals surface area contributed by atoms with Crippen LogP contribution in [0.3, 0.4) is 0 Å². The van der Waals surface area contributed by atoms with E-state index in [2.05, 4.69) is 5.10 Å². The normalized spacial score (nSPS) is 12.4. The fraction of sp³-hybridized carbons (Fsp3) is 0.111. The first-order valence-electron chi connectivity index (χ1n) is 7.49. The molecule has 0 bridgehead atoms. The Kier molecular flexibility index (Phi) is 3.23. The summed E-state index contributed by atoms with van der Waals surface area (Å²) >= 11 is 0. The van der Waals surface area contributed by atoms with Crippen molar-refractivity contribution in [2.24, 2.45) is 0 Å². The highest BCUT2D eigenvalue weighted by Gasteiger charge is 2.20. The molecule has 0 aliphatic carbocycles. The van der Waals surface area contributed by atoms with Gasteiger partial charge in [0.15, 0.2) is 11.5 Å². The first-order valence-corrected chi connectivity index (χ1v) is 7.49. The van der Waals surface area contributed by atoms with Crippen LogP contribution in [0.1, 0.15) is 15.9 Å². The Morgan fingerprint density at radius 3 is 2.62 bits per heavy atom. The molecule has 6 heteroatoms. The summed E-state index contributed by atoms with van der Waals surface area (Å²) in [6, 6.07) is 14.6. The van der Waals surface area contributed by atoms with E-state index >= 15 is 0 Å². The molecule has 24 heavy (non-hydrogen) atoms. The topological polar surface area (TPSA) is 79.4 Å². The summed E-state index contributed by atoms with van der Waals surface area (Å²) in [5.74, 6) is 1.20. The highest BCUT2D eigenvalue weighted by Crippen LogP contribution is 2.33.